The SMILES string of the molecule is CCC1(CNCC(O)c2cccc(C(F)(F)F)c2)CC1. The lowest BCUT2D eigenvalue weighted by Gasteiger charge is -2.17. The number of hydrogen-bond acceptors (Lipinski definition) is 2. The minimum Gasteiger partial charge on any atom is -0.387 e. The van der Waals surface area contributed by atoms with Gasteiger partial charge in [-0.1, -0.05) is 19.1 Å². The van der Waals surface area contributed by atoms with E-state index >= 15 is 0 Å². The first-order valence-corrected chi connectivity index (χ1v) is 6.92. The Labute approximate surface area is 117 Å². The number of halogens is 3. The molecule has 2 N–H and O–H groups in total. The molecule has 1 saturated carbocycles. The summed E-state index contributed by atoms with van der Waals surface area (Å²) >= 11 is 0. The summed E-state index contributed by atoms with van der Waals surface area (Å²) in [7, 11) is 0. The molecule has 1 aliphatic carbocycles. The van der Waals surface area contributed by atoms with Crippen molar-refractivity contribution < 1.29 is 18.3 Å². The van der Waals surface area contributed by atoms with Crippen LogP contribution in [0.2, 0.25) is 0 Å². The van der Waals surface area contributed by atoms with E-state index in [1.165, 1.54) is 25.0 Å². The fourth-order valence-electron chi connectivity index (χ4n) is 2.35. The minimum absolute atomic E-state index is 0.281. The monoisotopic (exact) mass is 287 g/mol. The van der Waals surface area contributed by atoms with Crippen LogP contribution in [0.25, 0.3) is 0 Å². The summed E-state index contributed by atoms with van der Waals surface area (Å²) in [5.74, 6) is 0. The van der Waals surface area contributed by atoms with Gasteiger partial charge in [0, 0.05) is 13.1 Å². The lowest BCUT2D eigenvalue weighted by molar-refractivity contribution is -0.137. The van der Waals surface area contributed by atoms with Crippen LogP contribution in [-0.4, -0.2) is 18.2 Å². The van der Waals surface area contributed by atoms with E-state index in [9.17, 15) is 18.3 Å². The van der Waals surface area contributed by atoms with Crippen molar-refractivity contribution in [1.29, 1.82) is 0 Å². The molecule has 1 fully saturated rings. The molecule has 0 radical (unpaired) electrons. The molecule has 0 amide bonds. The standard InChI is InChI=1S/C15H20F3NO/c1-2-14(6-7-14)10-19-9-13(20)11-4-3-5-12(8-11)15(16,17)18/h3-5,8,13,19-20H,2,6-7,9-10H2,1H3. The van der Waals surface area contributed by atoms with Crippen LogP contribution in [0.5, 0.6) is 0 Å². The molecule has 0 saturated heterocycles. The van der Waals surface area contributed by atoms with Crippen LogP contribution in [-0.2, 0) is 6.18 Å². The Hall–Kier alpha value is -1.07. The van der Waals surface area contributed by atoms with Crippen LogP contribution in [0, 0.1) is 5.41 Å². The Morgan fingerprint density at radius 3 is 2.60 bits per heavy atom. The van der Waals surface area contributed by atoms with Crippen LogP contribution < -0.4 is 5.32 Å². The maximum absolute atomic E-state index is 12.6. The van der Waals surface area contributed by atoms with Gasteiger partial charge in [-0.2, -0.15) is 13.2 Å². The maximum atomic E-state index is 12.6. The first kappa shape index (κ1) is 15.3. The van der Waals surface area contributed by atoms with Gasteiger partial charge in [-0.3, -0.25) is 0 Å². The number of hydrogen-bond donors (Lipinski definition) is 2. The fraction of sp³-hybridized carbons (Fsp3) is 0.600. The summed E-state index contributed by atoms with van der Waals surface area (Å²) in [6.45, 7) is 3.24. The maximum Gasteiger partial charge on any atom is 0.416 e. The highest BCUT2D eigenvalue weighted by molar-refractivity contribution is 5.27. The molecule has 1 aromatic rings. The molecule has 1 aliphatic rings. The minimum atomic E-state index is -4.37. The van der Waals surface area contributed by atoms with E-state index in [0.717, 1.165) is 25.1 Å². The second-order valence-corrected chi connectivity index (χ2v) is 5.62. The third kappa shape index (κ3) is 3.73. The lowest BCUT2D eigenvalue weighted by Crippen LogP contribution is -2.28. The Balaban J connectivity index is 1.90. The third-order valence-electron chi connectivity index (χ3n) is 4.14. The highest BCUT2D eigenvalue weighted by atomic mass is 19.4. The van der Waals surface area contributed by atoms with Crippen LogP contribution in [0.1, 0.15) is 43.4 Å². The van der Waals surface area contributed by atoms with E-state index in [0.29, 0.717) is 11.0 Å². The van der Waals surface area contributed by atoms with Crippen molar-refractivity contribution in [1.82, 2.24) is 5.32 Å². The molecule has 2 nitrogen and oxygen atoms in total. The van der Waals surface area contributed by atoms with E-state index in [1.807, 2.05) is 0 Å². The van der Waals surface area contributed by atoms with Crippen molar-refractivity contribution in [2.24, 2.45) is 5.41 Å². The van der Waals surface area contributed by atoms with Gasteiger partial charge in [0.25, 0.3) is 0 Å². The molecule has 1 aromatic carbocycles. The van der Waals surface area contributed by atoms with Gasteiger partial charge in [0.05, 0.1) is 11.7 Å². The first-order valence-electron chi connectivity index (χ1n) is 6.92. The van der Waals surface area contributed by atoms with Gasteiger partial charge >= 0.3 is 6.18 Å². The predicted octanol–water partition coefficient (Wildman–Crippen LogP) is 3.52. The van der Waals surface area contributed by atoms with E-state index in [1.54, 1.807) is 0 Å². The van der Waals surface area contributed by atoms with E-state index < -0.39 is 17.8 Å². The Kier molecular flexibility index (Phi) is 4.39. The molecule has 20 heavy (non-hydrogen) atoms. The van der Waals surface area contributed by atoms with Crippen molar-refractivity contribution in [2.75, 3.05) is 13.1 Å². The van der Waals surface area contributed by atoms with Gasteiger partial charge in [0.15, 0.2) is 0 Å². The van der Waals surface area contributed by atoms with Gasteiger partial charge in [0.1, 0.15) is 0 Å². The molecular formula is C15H20F3NO. The zero-order chi connectivity index (χ0) is 14.8. The smallest absolute Gasteiger partial charge is 0.387 e. The van der Waals surface area contributed by atoms with Crippen molar-refractivity contribution in [2.45, 2.75) is 38.5 Å². The van der Waals surface area contributed by atoms with Gasteiger partial charge in [-0.25, -0.2) is 0 Å². The molecule has 2 rings (SSSR count). The summed E-state index contributed by atoms with van der Waals surface area (Å²) < 4.78 is 37.8. The number of aliphatic hydroxyl groups excluding tert-OH is 1. The summed E-state index contributed by atoms with van der Waals surface area (Å²) in [5.41, 5.74) is -0.0666. The van der Waals surface area contributed by atoms with Gasteiger partial charge in [0.2, 0.25) is 0 Å². The molecular weight excluding hydrogens is 267 g/mol. The predicted molar refractivity (Wildman–Crippen MR) is 71.2 cm³/mol. The third-order valence-corrected chi connectivity index (χ3v) is 4.14. The Morgan fingerprint density at radius 1 is 1.35 bits per heavy atom. The van der Waals surface area contributed by atoms with Gasteiger partial charge < -0.3 is 10.4 Å². The molecule has 0 aliphatic heterocycles. The van der Waals surface area contributed by atoms with Crippen LogP contribution in [0.3, 0.4) is 0 Å². The average Bonchev–Trinajstić information content (AvgIpc) is 3.18. The number of rotatable bonds is 6. The second-order valence-electron chi connectivity index (χ2n) is 5.62. The summed E-state index contributed by atoms with van der Waals surface area (Å²) in [6, 6.07) is 4.88. The van der Waals surface area contributed by atoms with Crippen molar-refractivity contribution in [3.8, 4) is 0 Å². The molecule has 1 atom stereocenters. The number of alkyl halides is 3. The average molecular weight is 287 g/mol. The fourth-order valence-corrected chi connectivity index (χ4v) is 2.35. The molecule has 0 bridgehead atoms. The van der Waals surface area contributed by atoms with Crippen molar-refractivity contribution in [3.05, 3.63) is 35.4 Å². The summed E-state index contributed by atoms with van der Waals surface area (Å²) in [6.07, 6.45) is -1.81. The van der Waals surface area contributed by atoms with Crippen LogP contribution in [0.4, 0.5) is 13.2 Å². The molecule has 0 aromatic heterocycles. The van der Waals surface area contributed by atoms with Crippen LogP contribution >= 0.6 is 0 Å². The van der Waals surface area contributed by atoms with E-state index in [4.69, 9.17) is 0 Å². The quantitative estimate of drug-likeness (QED) is 0.839. The highest BCUT2D eigenvalue weighted by Crippen LogP contribution is 2.47. The highest BCUT2D eigenvalue weighted by Gasteiger charge is 2.40. The van der Waals surface area contributed by atoms with Crippen molar-refractivity contribution in [3.63, 3.8) is 0 Å². The van der Waals surface area contributed by atoms with Crippen molar-refractivity contribution >= 4 is 0 Å². The zero-order valence-electron chi connectivity index (χ0n) is 11.5. The molecule has 5 heteroatoms. The molecule has 0 heterocycles. The van der Waals surface area contributed by atoms with Gasteiger partial charge in [-0.15, -0.1) is 0 Å². The number of aliphatic hydroxyl groups is 1. The Bertz CT molecular complexity index is 455. The normalized spacial score (nSPS) is 18.9. The molecule has 0 spiro atoms. The largest absolute Gasteiger partial charge is 0.416 e. The summed E-state index contributed by atoms with van der Waals surface area (Å²) in [4.78, 5) is 0. The number of nitrogens with one attached hydrogen (secondary N) is 1. The molecule has 112 valence electrons. The molecule has 1 unspecified atom stereocenters. The first-order chi connectivity index (χ1) is 9.36. The lowest BCUT2D eigenvalue weighted by atomic mass is 10.0. The van der Waals surface area contributed by atoms with E-state index in [2.05, 4.69) is 12.2 Å². The zero-order valence-corrected chi connectivity index (χ0v) is 11.5. The van der Waals surface area contributed by atoms with Crippen LogP contribution in [0.15, 0.2) is 24.3 Å². The number of benzene rings is 1. The van der Waals surface area contributed by atoms with E-state index in [-0.39, 0.29) is 6.54 Å². The Morgan fingerprint density at radius 2 is 2.05 bits per heavy atom. The second kappa shape index (κ2) is 5.74. The van der Waals surface area contributed by atoms with Gasteiger partial charge in [-0.05, 0) is 42.4 Å². The summed E-state index contributed by atoms with van der Waals surface area (Å²) in [5, 5.41) is 13.1. The topological polar surface area (TPSA) is 32.3 Å².